The van der Waals surface area contributed by atoms with Crippen LogP contribution in [0.5, 0.6) is 5.75 Å². The fourth-order valence-corrected chi connectivity index (χ4v) is 2.07. The molecule has 1 atom stereocenters. The van der Waals surface area contributed by atoms with Crippen LogP contribution < -0.4 is 10.1 Å². The van der Waals surface area contributed by atoms with E-state index in [1.807, 2.05) is 44.7 Å². The van der Waals surface area contributed by atoms with E-state index >= 15 is 0 Å². The van der Waals surface area contributed by atoms with Gasteiger partial charge >= 0.3 is 0 Å². The standard InChI is InChI=1S/C15H25N3O2/c1-6-18(7-2)15(19)12(4)16-10-13-9-14(20-5)8-11(3)17-13/h8-9,12,16H,6-7,10H2,1-5H3. The summed E-state index contributed by atoms with van der Waals surface area (Å²) in [6, 6.07) is 3.55. The zero-order chi connectivity index (χ0) is 15.1. The molecule has 0 fully saturated rings. The van der Waals surface area contributed by atoms with Crippen molar-refractivity contribution in [2.45, 2.75) is 40.3 Å². The molecule has 0 bridgehead atoms. The average Bonchev–Trinajstić information content (AvgIpc) is 2.45. The summed E-state index contributed by atoms with van der Waals surface area (Å²) >= 11 is 0. The van der Waals surface area contributed by atoms with Crippen LogP contribution in [0.3, 0.4) is 0 Å². The van der Waals surface area contributed by atoms with Crippen LogP contribution in [0.2, 0.25) is 0 Å². The van der Waals surface area contributed by atoms with Crippen molar-refractivity contribution in [2.24, 2.45) is 0 Å². The van der Waals surface area contributed by atoms with Crippen molar-refractivity contribution in [2.75, 3.05) is 20.2 Å². The lowest BCUT2D eigenvalue weighted by molar-refractivity contribution is -0.132. The first-order valence-corrected chi connectivity index (χ1v) is 7.05. The molecule has 0 aliphatic heterocycles. The molecule has 1 heterocycles. The van der Waals surface area contributed by atoms with Gasteiger partial charge in [0.05, 0.1) is 18.8 Å². The number of amides is 1. The molecule has 1 aromatic heterocycles. The van der Waals surface area contributed by atoms with E-state index in [1.54, 1.807) is 7.11 Å². The Morgan fingerprint density at radius 3 is 2.60 bits per heavy atom. The molecule has 1 aromatic rings. The number of ether oxygens (including phenoxy) is 1. The highest BCUT2D eigenvalue weighted by Crippen LogP contribution is 2.13. The number of carbonyl (C=O) groups excluding carboxylic acids is 1. The molecule has 20 heavy (non-hydrogen) atoms. The summed E-state index contributed by atoms with van der Waals surface area (Å²) in [4.78, 5) is 18.4. The number of likely N-dealkylation sites (N-methyl/N-ethyl adjacent to an activating group) is 1. The maximum atomic E-state index is 12.1. The summed E-state index contributed by atoms with van der Waals surface area (Å²) in [5.74, 6) is 0.909. The van der Waals surface area contributed by atoms with Crippen molar-refractivity contribution in [3.8, 4) is 5.75 Å². The summed E-state index contributed by atoms with van der Waals surface area (Å²) < 4.78 is 5.22. The number of aromatic nitrogens is 1. The Labute approximate surface area is 121 Å². The second kappa shape index (κ2) is 7.85. The number of pyridine rings is 1. The highest BCUT2D eigenvalue weighted by Gasteiger charge is 2.17. The highest BCUT2D eigenvalue weighted by molar-refractivity contribution is 5.81. The number of methoxy groups -OCH3 is 1. The predicted octanol–water partition coefficient (Wildman–Crippen LogP) is 1.75. The molecule has 0 saturated carbocycles. The lowest BCUT2D eigenvalue weighted by Crippen LogP contribution is -2.44. The Morgan fingerprint density at radius 2 is 2.05 bits per heavy atom. The highest BCUT2D eigenvalue weighted by atomic mass is 16.5. The minimum absolute atomic E-state index is 0.120. The van der Waals surface area contributed by atoms with Crippen LogP contribution in [0.25, 0.3) is 0 Å². The smallest absolute Gasteiger partial charge is 0.239 e. The summed E-state index contributed by atoms with van der Waals surface area (Å²) in [7, 11) is 1.64. The van der Waals surface area contributed by atoms with E-state index in [2.05, 4.69) is 10.3 Å². The van der Waals surface area contributed by atoms with Gasteiger partial charge in [-0.25, -0.2) is 0 Å². The predicted molar refractivity (Wildman–Crippen MR) is 79.8 cm³/mol. The number of nitrogens with one attached hydrogen (secondary N) is 1. The molecule has 5 nitrogen and oxygen atoms in total. The van der Waals surface area contributed by atoms with E-state index in [1.165, 1.54) is 0 Å². The Bertz CT molecular complexity index is 445. The first kappa shape index (κ1) is 16.4. The first-order valence-electron chi connectivity index (χ1n) is 7.05. The summed E-state index contributed by atoms with van der Waals surface area (Å²) in [5.41, 5.74) is 1.78. The zero-order valence-electron chi connectivity index (χ0n) is 13.1. The molecule has 0 aromatic carbocycles. The van der Waals surface area contributed by atoms with Crippen molar-refractivity contribution in [3.63, 3.8) is 0 Å². The van der Waals surface area contributed by atoms with Crippen LogP contribution >= 0.6 is 0 Å². The van der Waals surface area contributed by atoms with Gasteiger partial charge in [0.1, 0.15) is 5.75 Å². The minimum Gasteiger partial charge on any atom is -0.497 e. The molecule has 0 spiro atoms. The third kappa shape index (κ3) is 4.49. The van der Waals surface area contributed by atoms with Crippen LogP contribution in [0, 0.1) is 6.92 Å². The molecule has 0 radical (unpaired) electrons. The Balaban J connectivity index is 2.62. The van der Waals surface area contributed by atoms with Gasteiger partial charge in [0.25, 0.3) is 0 Å². The Kier molecular flexibility index (Phi) is 6.45. The number of rotatable bonds is 7. The third-order valence-electron chi connectivity index (χ3n) is 3.25. The van der Waals surface area contributed by atoms with Crippen molar-refractivity contribution in [1.29, 1.82) is 0 Å². The fraction of sp³-hybridized carbons (Fsp3) is 0.600. The number of hydrogen-bond acceptors (Lipinski definition) is 4. The second-order valence-corrected chi connectivity index (χ2v) is 4.75. The fourth-order valence-electron chi connectivity index (χ4n) is 2.07. The van der Waals surface area contributed by atoms with Crippen molar-refractivity contribution in [3.05, 3.63) is 23.5 Å². The van der Waals surface area contributed by atoms with Gasteiger partial charge in [-0.1, -0.05) is 0 Å². The quantitative estimate of drug-likeness (QED) is 0.826. The molecule has 1 N–H and O–H groups in total. The normalized spacial score (nSPS) is 12.1. The molecule has 5 heteroatoms. The van der Waals surface area contributed by atoms with Gasteiger partial charge in [-0.2, -0.15) is 0 Å². The number of carbonyl (C=O) groups is 1. The Morgan fingerprint density at radius 1 is 1.40 bits per heavy atom. The Hall–Kier alpha value is -1.62. The molecule has 1 unspecified atom stereocenters. The van der Waals surface area contributed by atoms with Crippen molar-refractivity contribution in [1.82, 2.24) is 15.2 Å². The van der Waals surface area contributed by atoms with Gasteiger partial charge in [0.2, 0.25) is 5.91 Å². The molecule has 1 amide bonds. The van der Waals surface area contributed by atoms with E-state index < -0.39 is 0 Å². The van der Waals surface area contributed by atoms with Gasteiger partial charge in [0.15, 0.2) is 0 Å². The van der Waals surface area contributed by atoms with Gasteiger partial charge in [0, 0.05) is 37.5 Å². The van der Waals surface area contributed by atoms with Gasteiger partial charge in [-0.15, -0.1) is 0 Å². The molecule has 112 valence electrons. The summed E-state index contributed by atoms with van der Waals surface area (Å²) in [6.45, 7) is 9.80. The molecular weight excluding hydrogens is 254 g/mol. The zero-order valence-corrected chi connectivity index (χ0v) is 13.1. The van der Waals surface area contributed by atoms with Gasteiger partial charge < -0.3 is 15.0 Å². The maximum Gasteiger partial charge on any atom is 0.239 e. The number of aryl methyl sites for hydroxylation is 1. The van der Waals surface area contributed by atoms with Gasteiger partial charge in [-0.3, -0.25) is 9.78 Å². The van der Waals surface area contributed by atoms with Crippen LogP contribution in [-0.2, 0) is 11.3 Å². The number of nitrogens with zero attached hydrogens (tertiary/aromatic N) is 2. The largest absolute Gasteiger partial charge is 0.497 e. The van der Waals surface area contributed by atoms with Crippen LogP contribution in [-0.4, -0.2) is 42.0 Å². The van der Waals surface area contributed by atoms with Crippen molar-refractivity contribution >= 4 is 5.91 Å². The van der Waals surface area contributed by atoms with Gasteiger partial charge in [-0.05, 0) is 27.7 Å². The van der Waals surface area contributed by atoms with E-state index in [9.17, 15) is 4.79 Å². The van der Waals surface area contributed by atoms with Crippen LogP contribution in [0.15, 0.2) is 12.1 Å². The number of hydrogen-bond donors (Lipinski definition) is 1. The third-order valence-corrected chi connectivity index (χ3v) is 3.25. The topological polar surface area (TPSA) is 54.5 Å². The molecule has 1 rings (SSSR count). The SMILES string of the molecule is CCN(CC)C(=O)C(C)NCc1cc(OC)cc(C)n1. The van der Waals surface area contributed by atoms with E-state index in [4.69, 9.17) is 4.74 Å². The molecule has 0 aliphatic rings. The molecule has 0 saturated heterocycles. The minimum atomic E-state index is -0.219. The second-order valence-electron chi connectivity index (χ2n) is 4.75. The van der Waals surface area contributed by atoms with Crippen LogP contribution in [0.4, 0.5) is 0 Å². The average molecular weight is 279 g/mol. The van der Waals surface area contributed by atoms with Crippen LogP contribution in [0.1, 0.15) is 32.2 Å². The van der Waals surface area contributed by atoms with E-state index in [-0.39, 0.29) is 11.9 Å². The lowest BCUT2D eigenvalue weighted by atomic mass is 10.2. The maximum absolute atomic E-state index is 12.1. The van der Waals surface area contributed by atoms with Crippen molar-refractivity contribution < 1.29 is 9.53 Å². The van der Waals surface area contributed by atoms with E-state index in [0.29, 0.717) is 6.54 Å². The lowest BCUT2D eigenvalue weighted by Gasteiger charge is -2.23. The molecular formula is C15H25N3O2. The monoisotopic (exact) mass is 279 g/mol. The molecule has 0 aliphatic carbocycles. The summed E-state index contributed by atoms with van der Waals surface area (Å²) in [5, 5.41) is 3.22. The van der Waals surface area contributed by atoms with E-state index in [0.717, 1.165) is 30.2 Å². The first-order chi connectivity index (χ1) is 9.51. The summed E-state index contributed by atoms with van der Waals surface area (Å²) in [6.07, 6.45) is 0.